The third-order valence-corrected chi connectivity index (χ3v) is 3.91. The second-order valence-corrected chi connectivity index (χ2v) is 5.02. The Morgan fingerprint density at radius 3 is 3.18 bits per heavy atom. The number of pyridine rings is 1. The largest absolute Gasteiger partial charge is 0.350 e. The summed E-state index contributed by atoms with van der Waals surface area (Å²) in [6.07, 6.45) is 5.48. The summed E-state index contributed by atoms with van der Waals surface area (Å²) in [5, 5.41) is 1.60. The zero-order valence-corrected chi connectivity index (χ0v) is 10.4. The number of aromatic nitrogens is 1. The van der Waals surface area contributed by atoms with E-state index in [-0.39, 0.29) is 6.04 Å². The molecule has 3 nitrogen and oxygen atoms in total. The molecule has 3 rings (SSSR count). The molecule has 1 aromatic heterocycles. The molecule has 0 fully saturated rings. The van der Waals surface area contributed by atoms with Crippen LogP contribution in [-0.4, -0.2) is 21.0 Å². The van der Waals surface area contributed by atoms with E-state index in [2.05, 4.69) is 9.88 Å². The van der Waals surface area contributed by atoms with Gasteiger partial charge in [0.25, 0.3) is 5.24 Å². The van der Waals surface area contributed by atoms with Gasteiger partial charge in [-0.1, -0.05) is 6.07 Å². The molecule has 0 spiro atoms. The Morgan fingerprint density at radius 1 is 1.59 bits per heavy atom. The van der Waals surface area contributed by atoms with E-state index in [0.717, 1.165) is 17.1 Å². The van der Waals surface area contributed by atoms with Gasteiger partial charge < -0.3 is 4.90 Å². The topological polar surface area (TPSA) is 33.2 Å². The van der Waals surface area contributed by atoms with E-state index >= 15 is 0 Å². The lowest BCUT2D eigenvalue weighted by Crippen LogP contribution is -2.19. The zero-order chi connectivity index (χ0) is 11.8. The molecule has 1 atom stereocenters. The third-order valence-electron chi connectivity index (χ3n) is 2.89. The average molecular weight is 265 g/mol. The predicted octanol–water partition coefficient (Wildman–Crippen LogP) is 2.68. The van der Waals surface area contributed by atoms with Crippen LogP contribution in [-0.2, 0) is 4.79 Å². The number of allylic oxidation sites excluding steroid dienone is 1. The van der Waals surface area contributed by atoms with Crippen molar-refractivity contribution < 1.29 is 4.79 Å². The van der Waals surface area contributed by atoms with Gasteiger partial charge in [0.15, 0.2) is 0 Å². The first kappa shape index (κ1) is 10.9. The molecule has 86 valence electrons. The average Bonchev–Trinajstić information content (AvgIpc) is 2.90. The summed E-state index contributed by atoms with van der Waals surface area (Å²) >= 11 is 7.28. The van der Waals surface area contributed by atoms with Crippen LogP contribution in [0.4, 0.5) is 0 Å². The van der Waals surface area contributed by atoms with Crippen LogP contribution in [0.1, 0.15) is 11.6 Å². The van der Waals surface area contributed by atoms with E-state index in [1.54, 1.807) is 18.0 Å². The van der Waals surface area contributed by atoms with Crippen molar-refractivity contribution in [3.05, 3.63) is 52.8 Å². The van der Waals surface area contributed by atoms with E-state index < -0.39 is 5.24 Å². The van der Waals surface area contributed by atoms with Crippen LogP contribution in [0.3, 0.4) is 0 Å². The first-order valence-corrected chi connectivity index (χ1v) is 6.60. The Balaban J connectivity index is 2.03. The number of carbonyl (C=O) groups is 1. The summed E-state index contributed by atoms with van der Waals surface area (Å²) in [6, 6.07) is 3.98. The lowest BCUT2D eigenvalue weighted by molar-refractivity contribution is -0.108. The highest BCUT2D eigenvalue weighted by Gasteiger charge is 2.35. The van der Waals surface area contributed by atoms with Gasteiger partial charge in [0.1, 0.15) is 0 Å². The maximum atomic E-state index is 11.4. The van der Waals surface area contributed by atoms with Gasteiger partial charge in [-0.15, -0.1) is 11.8 Å². The molecule has 0 aliphatic carbocycles. The number of nitrogens with zero attached hydrogens (tertiary/aromatic N) is 2. The van der Waals surface area contributed by atoms with E-state index in [9.17, 15) is 4.79 Å². The number of carbonyl (C=O) groups excluding carboxylic acids is 1. The lowest BCUT2D eigenvalue weighted by Gasteiger charge is -2.23. The molecule has 0 N–H and O–H groups in total. The third kappa shape index (κ3) is 1.77. The Morgan fingerprint density at radius 2 is 2.47 bits per heavy atom. The maximum absolute atomic E-state index is 11.4. The van der Waals surface area contributed by atoms with Crippen LogP contribution in [0.25, 0.3) is 0 Å². The number of hydrogen-bond donors (Lipinski definition) is 0. The van der Waals surface area contributed by atoms with Crippen LogP contribution >= 0.6 is 23.4 Å². The number of fused-ring (bicyclic) bond motifs is 1. The van der Waals surface area contributed by atoms with Crippen molar-refractivity contribution >= 4 is 28.6 Å². The van der Waals surface area contributed by atoms with Gasteiger partial charge in [-0.05, 0) is 34.7 Å². The minimum absolute atomic E-state index is 0.0719. The molecule has 0 radical (unpaired) electrons. The van der Waals surface area contributed by atoms with Crippen LogP contribution in [0.15, 0.2) is 47.3 Å². The van der Waals surface area contributed by atoms with Crippen molar-refractivity contribution in [2.75, 3.05) is 5.88 Å². The summed E-state index contributed by atoms with van der Waals surface area (Å²) in [5.74, 6) is 0.846. The first-order chi connectivity index (χ1) is 8.27. The summed E-state index contributed by atoms with van der Waals surface area (Å²) in [7, 11) is 0. The summed E-state index contributed by atoms with van der Waals surface area (Å²) in [5.41, 5.74) is 2.61. The second kappa shape index (κ2) is 4.20. The smallest absolute Gasteiger partial charge is 0.254 e. The molecular formula is C12H9ClN2OS. The van der Waals surface area contributed by atoms with Gasteiger partial charge in [0.05, 0.1) is 23.2 Å². The fraction of sp³-hybridized carbons (Fsp3) is 0.167. The molecule has 2 aliphatic rings. The van der Waals surface area contributed by atoms with Gasteiger partial charge in [0, 0.05) is 12.4 Å². The van der Waals surface area contributed by atoms with Gasteiger partial charge in [-0.25, -0.2) is 0 Å². The Kier molecular flexibility index (Phi) is 2.68. The SMILES string of the molecule is O=C(Cl)C1=CC(c2cccnc2)N2CSC=C12. The molecular weight excluding hydrogens is 256 g/mol. The highest BCUT2D eigenvalue weighted by Crippen LogP contribution is 2.43. The van der Waals surface area contributed by atoms with Gasteiger partial charge >= 0.3 is 0 Å². The van der Waals surface area contributed by atoms with Gasteiger partial charge in [-0.3, -0.25) is 9.78 Å². The molecule has 17 heavy (non-hydrogen) atoms. The van der Waals surface area contributed by atoms with Crippen LogP contribution in [0.5, 0.6) is 0 Å². The van der Waals surface area contributed by atoms with E-state index in [1.807, 2.05) is 29.8 Å². The van der Waals surface area contributed by atoms with E-state index in [0.29, 0.717) is 5.57 Å². The molecule has 0 aromatic carbocycles. The predicted molar refractivity (Wildman–Crippen MR) is 68.3 cm³/mol. The molecule has 0 saturated carbocycles. The highest BCUT2D eigenvalue weighted by atomic mass is 35.5. The monoisotopic (exact) mass is 264 g/mol. The standard InChI is InChI=1S/C12H9ClN2OS/c13-12(16)9-4-10(8-2-1-3-14-5-8)15-7-17-6-11(9)15/h1-6,10H,7H2. The van der Waals surface area contributed by atoms with Crippen molar-refractivity contribution in [3.8, 4) is 0 Å². The number of rotatable bonds is 2. The van der Waals surface area contributed by atoms with Crippen molar-refractivity contribution in [2.24, 2.45) is 0 Å². The van der Waals surface area contributed by atoms with Crippen LogP contribution in [0.2, 0.25) is 0 Å². The second-order valence-electron chi connectivity index (χ2n) is 3.85. The molecule has 3 heterocycles. The summed E-state index contributed by atoms with van der Waals surface area (Å²) < 4.78 is 0. The quantitative estimate of drug-likeness (QED) is 0.769. The van der Waals surface area contributed by atoms with Crippen molar-refractivity contribution in [3.63, 3.8) is 0 Å². The Bertz CT molecular complexity index is 527. The maximum Gasteiger partial charge on any atom is 0.254 e. The lowest BCUT2D eigenvalue weighted by atomic mass is 10.1. The molecule has 1 unspecified atom stereocenters. The van der Waals surface area contributed by atoms with Crippen molar-refractivity contribution in [1.82, 2.24) is 9.88 Å². The molecule has 0 bridgehead atoms. The van der Waals surface area contributed by atoms with E-state index in [4.69, 9.17) is 11.6 Å². The summed E-state index contributed by atoms with van der Waals surface area (Å²) in [6.45, 7) is 0. The number of thioether (sulfide) groups is 1. The number of hydrogen-bond acceptors (Lipinski definition) is 4. The minimum atomic E-state index is -0.393. The fourth-order valence-corrected chi connectivity index (χ4v) is 3.22. The summed E-state index contributed by atoms with van der Waals surface area (Å²) in [4.78, 5) is 17.6. The highest BCUT2D eigenvalue weighted by molar-refractivity contribution is 8.02. The number of halogens is 1. The molecule has 1 aromatic rings. The fourth-order valence-electron chi connectivity index (χ4n) is 2.11. The zero-order valence-electron chi connectivity index (χ0n) is 8.84. The van der Waals surface area contributed by atoms with Crippen LogP contribution in [0, 0.1) is 0 Å². The Labute approximate surface area is 108 Å². The van der Waals surface area contributed by atoms with E-state index in [1.165, 1.54) is 0 Å². The molecule has 5 heteroatoms. The van der Waals surface area contributed by atoms with Gasteiger partial charge in [0.2, 0.25) is 0 Å². The molecule has 2 aliphatic heterocycles. The molecule has 0 amide bonds. The van der Waals surface area contributed by atoms with Crippen molar-refractivity contribution in [1.29, 1.82) is 0 Å². The normalized spacial score (nSPS) is 22.2. The van der Waals surface area contributed by atoms with Crippen LogP contribution < -0.4 is 0 Å². The van der Waals surface area contributed by atoms with Crippen molar-refractivity contribution in [2.45, 2.75) is 6.04 Å². The molecule has 0 saturated heterocycles. The first-order valence-electron chi connectivity index (χ1n) is 5.18. The Hall–Kier alpha value is -1.26. The van der Waals surface area contributed by atoms with Gasteiger partial charge in [-0.2, -0.15) is 0 Å². The minimum Gasteiger partial charge on any atom is -0.350 e.